The Kier molecular flexibility index (Phi) is 23.5. The van der Waals surface area contributed by atoms with Gasteiger partial charge in [-0.1, -0.05) is 45.9 Å². The normalized spacial score (nSPS) is 10.8. The number of carbonyl (C=O) groups excluding carboxylic acids is 2. The number of rotatable bonds is 24. The zero-order valence-corrected chi connectivity index (χ0v) is 35.7. The summed E-state index contributed by atoms with van der Waals surface area (Å²) in [5, 5.41) is 3.02. The van der Waals surface area contributed by atoms with Gasteiger partial charge in [-0.25, -0.2) is 9.13 Å². The van der Waals surface area contributed by atoms with E-state index in [2.05, 4.69) is 38.7 Å². The number of amides is 1. The second-order valence-electron chi connectivity index (χ2n) is 12.5. The summed E-state index contributed by atoms with van der Waals surface area (Å²) in [6, 6.07) is 19.7. The minimum Gasteiger partial charge on any atom is -1.00 e. The van der Waals surface area contributed by atoms with Crippen molar-refractivity contribution in [1.29, 1.82) is 0 Å². The molecule has 2 heterocycles. The number of methoxy groups -OCH3 is 4. The summed E-state index contributed by atoms with van der Waals surface area (Å²) in [7, 11) is 10.1. The zero-order chi connectivity index (χ0) is 38.4. The molecule has 2 aromatic carbocycles. The maximum absolute atomic E-state index is 12.4. The molecule has 0 atom stereocenters. The maximum atomic E-state index is 12.4. The fraction of sp³-hybridized carbons (Fsp3) is 0.349. The molecular formula is C43H53Cl2N3O6S2. The van der Waals surface area contributed by atoms with Gasteiger partial charge >= 0.3 is 0 Å². The van der Waals surface area contributed by atoms with Crippen LogP contribution in [0.15, 0.2) is 85.5 Å². The van der Waals surface area contributed by atoms with Crippen molar-refractivity contribution in [3.8, 4) is 23.0 Å². The molecule has 302 valence electrons. The van der Waals surface area contributed by atoms with E-state index >= 15 is 0 Å². The van der Waals surface area contributed by atoms with Crippen LogP contribution in [-0.4, -0.2) is 58.2 Å². The fourth-order valence-electron chi connectivity index (χ4n) is 5.54. The van der Waals surface area contributed by atoms with Crippen molar-refractivity contribution in [3.05, 3.63) is 108 Å². The first-order valence-electron chi connectivity index (χ1n) is 18.2. The first kappa shape index (κ1) is 48.0. The van der Waals surface area contributed by atoms with E-state index in [1.807, 2.05) is 85.5 Å². The van der Waals surface area contributed by atoms with Crippen molar-refractivity contribution in [3.63, 3.8) is 0 Å². The number of ether oxygens (including phenoxy) is 4. The third-order valence-electron chi connectivity index (χ3n) is 8.58. The molecule has 1 N–H and O–H groups in total. The number of hydrogen-bond acceptors (Lipinski definition) is 8. The standard InChI is InChI=1S/C43H52N3O6S2.2ClH/c1-49-39-15-17-41(51-3)36(32-39)13-11-34-19-26-45(27-20-34)24-5-8-38(47)9-7-30-53-54-31-23-44-43(48)10-6-25-46-28-21-35(22-29-46)12-14-37-33-40(50-2)16-18-42(37)52-4;;/h11-22,26-29,32-33H,5-10,23-25,30-31H2,1-4H3;2*1H/q+1;;/p-1/b13-11+,14-12+;;. The van der Waals surface area contributed by atoms with E-state index in [-0.39, 0.29) is 30.7 Å². The van der Waals surface area contributed by atoms with Gasteiger partial charge in [-0.2, -0.15) is 0 Å². The number of Topliss-reactive ketones (excluding diaryl/α,β-unsaturated/α-hetero) is 1. The minimum absolute atomic E-state index is 0. The molecule has 0 unspecified atom stereocenters. The van der Waals surface area contributed by atoms with Crippen LogP contribution in [0.1, 0.15) is 60.8 Å². The van der Waals surface area contributed by atoms with Crippen molar-refractivity contribution in [1.82, 2.24) is 5.32 Å². The quantitative estimate of drug-likeness (QED) is 0.0650. The third-order valence-corrected chi connectivity index (χ3v) is 11.1. The molecule has 0 fully saturated rings. The Labute approximate surface area is 352 Å². The lowest BCUT2D eigenvalue weighted by atomic mass is 10.1. The van der Waals surface area contributed by atoms with Crippen LogP contribution in [0.3, 0.4) is 0 Å². The van der Waals surface area contributed by atoms with Gasteiger partial charge in [0.05, 0.1) is 28.4 Å². The lowest BCUT2D eigenvalue weighted by Gasteiger charge is -2.07. The summed E-state index contributed by atoms with van der Waals surface area (Å²) in [5.74, 6) is 5.31. The number of nitrogens with one attached hydrogen (secondary N) is 1. The average Bonchev–Trinajstić information content (AvgIpc) is 3.20. The number of aromatic nitrogens is 2. The number of hydrogen-bond donors (Lipinski definition) is 1. The van der Waals surface area contributed by atoms with Crippen LogP contribution in [0, 0.1) is 0 Å². The highest BCUT2D eigenvalue weighted by Crippen LogP contribution is 2.27. The summed E-state index contributed by atoms with van der Waals surface area (Å²) in [4.78, 5) is 24.7. The predicted molar refractivity (Wildman–Crippen MR) is 221 cm³/mol. The molecule has 0 aliphatic heterocycles. The third kappa shape index (κ3) is 17.3. The van der Waals surface area contributed by atoms with Gasteiger partial charge in [0.1, 0.15) is 41.9 Å². The molecule has 0 aliphatic carbocycles. The number of aryl methyl sites for hydroxylation is 2. The van der Waals surface area contributed by atoms with E-state index in [0.717, 1.165) is 89.1 Å². The summed E-state index contributed by atoms with van der Waals surface area (Å²) in [6.45, 7) is 2.23. The molecule has 0 radical (unpaired) electrons. The van der Waals surface area contributed by atoms with Gasteiger partial charge in [0.2, 0.25) is 5.91 Å². The second kappa shape index (κ2) is 27.4. The van der Waals surface area contributed by atoms with Crippen molar-refractivity contribution in [2.24, 2.45) is 0 Å². The predicted octanol–water partition coefficient (Wildman–Crippen LogP) is 1.75. The number of pyridine rings is 2. The van der Waals surface area contributed by atoms with Gasteiger partial charge in [0.15, 0.2) is 24.8 Å². The number of halogens is 2. The molecule has 0 saturated carbocycles. The molecule has 1 amide bonds. The molecule has 9 nitrogen and oxygen atoms in total. The van der Waals surface area contributed by atoms with E-state index in [4.69, 9.17) is 18.9 Å². The topological polar surface area (TPSA) is 90.8 Å². The summed E-state index contributed by atoms with van der Waals surface area (Å²) < 4.78 is 25.8. The molecule has 0 bridgehead atoms. The van der Waals surface area contributed by atoms with Crippen LogP contribution in [0.25, 0.3) is 24.3 Å². The Bertz CT molecular complexity index is 1690. The van der Waals surface area contributed by atoms with Crippen LogP contribution in [0.2, 0.25) is 0 Å². The lowest BCUT2D eigenvalue weighted by molar-refractivity contribution is -0.697. The summed E-state index contributed by atoms with van der Waals surface area (Å²) in [5.41, 5.74) is 4.05. The Morgan fingerprint density at radius 1 is 0.589 bits per heavy atom. The highest BCUT2D eigenvalue weighted by atomic mass is 35.5. The zero-order valence-electron chi connectivity index (χ0n) is 32.6. The number of nitrogens with zero attached hydrogens (tertiary/aromatic N) is 2. The first-order valence-corrected chi connectivity index (χ1v) is 20.7. The molecule has 0 spiro atoms. The maximum Gasteiger partial charge on any atom is 0.220 e. The van der Waals surface area contributed by atoms with Crippen LogP contribution in [0.5, 0.6) is 23.0 Å². The van der Waals surface area contributed by atoms with Crippen molar-refractivity contribution in [2.45, 2.75) is 51.6 Å². The van der Waals surface area contributed by atoms with E-state index < -0.39 is 0 Å². The van der Waals surface area contributed by atoms with E-state index in [1.165, 1.54) is 0 Å². The van der Waals surface area contributed by atoms with Crippen molar-refractivity contribution >= 4 is 57.6 Å². The Balaban J connectivity index is 0.00000541. The highest BCUT2D eigenvalue weighted by Gasteiger charge is 2.08. The first-order chi connectivity index (χ1) is 26.4. The van der Waals surface area contributed by atoms with Crippen LogP contribution >= 0.6 is 21.6 Å². The fourth-order valence-corrected chi connectivity index (χ4v) is 7.54. The Morgan fingerprint density at radius 2 is 1.05 bits per heavy atom. The lowest BCUT2D eigenvalue weighted by Crippen LogP contribution is -3.00. The van der Waals surface area contributed by atoms with Gasteiger partial charge in [-0.15, -0.1) is 0 Å². The molecule has 0 aliphatic rings. The summed E-state index contributed by atoms with van der Waals surface area (Å²) >= 11 is 0. The summed E-state index contributed by atoms with van der Waals surface area (Å²) in [6.07, 6.45) is 20.4. The SMILES string of the molecule is COc1ccc(OC)c(/C=C/c2cc[n+](CCCC(=O)CCCSSCCNC(=O)CCC[n+]3ccc(/C=C/c4cc(OC)ccc4OC)cc3)cc2)c1.[Cl-].[Cl-]. The molecule has 56 heavy (non-hydrogen) atoms. The van der Waals surface area contributed by atoms with Gasteiger partial charge < -0.3 is 49.1 Å². The molecular weight excluding hydrogens is 790 g/mol. The molecule has 4 aromatic rings. The molecule has 2 aromatic heterocycles. The average molecular weight is 843 g/mol. The second-order valence-corrected chi connectivity index (χ2v) is 15.2. The smallest absolute Gasteiger partial charge is 0.220 e. The Morgan fingerprint density at radius 3 is 1.54 bits per heavy atom. The van der Waals surface area contributed by atoms with E-state index in [1.54, 1.807) is 50.0 Å². The molecule has 13 heteroatoms. The number of benzene rings is 2. The van der Waals surface area contributed by atoms with Crippen molar-refractivity contribution < 1.29 is 62.5 Å². The number of carbonyl (C=O) groups is 2. The van der Waals surface area contributed by atoms with Gasteiger partial charge in [0, 0.05) is 85.5 Å². The van der Waals surface area contributed by atoms with Gasteiger partial charge in [0.25, 0.3) is 0 Å². The van der Waals surface area contributed by atoms with Gasteiger partial charge in [-0.3, -0.25) is 9.59 Å². The van der Waals surface area contributed by atoms with E-state index in [9.17, 15) is 9.59 Å². The minimum atomic E-state index is 0. The van der Waals surface area contributed by atoms with E-state index in [0.29, 0.717) is 31.6 Å². The van der Waals surface area contributed by atoms with Crippen LogP contribution in [0.4, 0.5) is 0 Å². The number of ketones is 1. The molecule has 4 rings (SSSR count). The highest BCUT2D eigenvalue weighted by molar-refractivity contribution is 8.76. The largest absolute Gasteiger partial charge is 1.00 e. The monoisotopic (exact) mass is 841 g/mol. The Hall–Kier alpha value is -4.16. The molecule has 0 saturated heterocycles. The van der Waals surface area contributed by atoms with Gasteiger partial charge in [-0.05, 0) is 53.9 Å². The van der Waals surface area contributed by atoms with Crippen molar-refractivity contribution in [2.75, 3.05) is 46.5 Å². The van der Waals surface area contributed by atoms with Crippen LogP contribution < -0.4 is 58.2 Å². The van der Waals surface area contributed by atoms with Crippen LogP contribution in [-0.2, 0) is 22.7 Å².